The molecule has 130 valence electrons. The van der Waals surface area contributed by atoms with E-state index in [1.165, 1.54) is 23.3 Å². The van der Waals surface area contributed by atoms with Gasteiger partial charge in [-0.15, -0.1) is 11.8 Å². The minimum absolute atomic E-state index is 0.220. The summed E-state index contributed by atoms with van der Waals surface area (Å²) in [5.74, 6) is -0.220. The maximum absolute atomic E-state index is 12.3. The van der Waals surface area contributed by atoms with Crippen molar-refractivity contribution in [1.82, 2.24) is 9.36 Å². The number of carbonyl (C=O) groups excluding carboxylic acids is 1. The fraction of sp³-hybridized carbons (Fsp3) is 0.278. The number of fused-ring (bicyclic) bond motifs is 1. The quantitative estimate of drug-likeness (QED) is 0.356. The first-order valence-electron chi connectivity index (χ1n) is 7.85. The Morgan fingerprint density at radius 2 is 2.16 bits per heavy atom. The third-order valence-electron chi connectivity index (χ3n) is 3.69. The lowest BCUT2D eigenvalue weighted by molar-refractivity contribution is -0.145. The summed E-state index contributed by atoms with van der Waals surface area (Å²) in [5.41, 5.74) is 2.08. The van der Waals surface area contributed by atoms with Crippen LogP contribution in [0.1, 0.15) is 20.8 Å². The maximum atomic E-state index is 12.3. The van der Waals surface area contributed by atoms with Crippen molar-refractivity contribution in [2.75, 3.05) is 6.61 Å². The number of benzene rings is 1. The zero-order valence-corrected chi connectivity index (χ0v) is 16.6. The Balaban J connectivity index is 2.12. The molecule has 25 heavy (non-hydrogen) atoms. The van der Waals surface area contributed by atoms with E-state index in [0.717, 1.165) is 26.1 Å². The average Bonchev–Trinajstić information content (AvgIpc) is 3.04. The molecule has 0 spiro atoms. The first-order valence-corrected chi connectivity index (χ1v) is 9.85. The molecule has 2 heterocycles. The molecular weight excluding hydrogens is 372 g/mol. The number of hydrogen-bond donors (Lipinski definition) is 1. The second-order valence-electron chi connectivity index (χ2n) is 5.96. The summed E-state index contributed by atoms with van der Waals surface area (Å²) in [6.45, 7) is 5.96. The van der Waals surface area contributed by atoms with E-state index in [2.05, 4.69) is 9.36 Å². The monoisotopic (exact) mass is 390 g/mol. The van der Waals surface area contributed by atoms with Gasteiger partial charge in [0, 0.05) is 33.8 Å². The molecule has 0 unspecified atom stereocenters. The van der Waals surface area contributed by atoms with Crippen molar-refractivity contribution in [3.63, 3.8) is 0 Å². The summed E-state index contributed by atoms with van der Waals surface area (Å²) in [6, 6.07) is 7.95. The van der Waals surface area contributed by atoms with Crippen LogP contribution in [-0.2, 0) is 9.53 Å². The Labute approximate surface area is 159 Å². The highest BCUT2D eigenvalue weighted by atomic mass is 32.2. The summed E-state index contributed by atoms with van der Waals surface area (Å²) in [6.07, 6.45) is 3.76. The molecule has 1 aromatic carbocycles. The number of pyridine rings is 1. The van der Waals surface area contributed by atoms with E-state index in [1.807, 2.05) is 57.4 Å². The van der Waals surface area contributed by atoms with Gasteiger partial charge in [-0.1, -0.05) is 18.3 Å². The van der Waals surface area contributed by atoms with Gasteiger partial charge >= 0.3 is 5.97 Å². The number of carbonyl (C=O) groups is 1. The van der Waals surface area contributed by atoms with Gasteiger partial charge in [0.1, 0.15) is 9.39 Å². The first-order chi connectivity index (χ1) is 11.9. The molecule has 4 nitrogen and oxygen atoms in total. The number of nitrogens with zero attached hydrogens (tertiary/aromatic N) is 1. The molecule has 2 aromatic heterocycles. The number of ether oxygens (including phenoxy) is 1. The number of hydrogen-bond acceptors (Lipinski definition) is 6. The maximum Gasteiger partial charge on any atom is 0.321 e. The van der Waals surface area contributed by atoms with Gasteiger partial charge in [0.05, 0.1) is 11.3 Å². The van der Waals surface area contributed by atoms with Crippen LogP contribution in [0.25, 0.3) is 21.2 Å². The molecule has 0 aliphatic heterocycles. The molecule has 1 N–H and O–H groups in total. The lowest BCUT2D eigenvalue weighted by Crippen LogP contribution is -2.30. The average molecular weight is 391 g/mol. The molecule has 0 saturated heterocycles. The number of nitrogens with one attached hydrogen (secondary N) is 1. The van der Waals surface area contributed by atoms with Gasteiger partial charge in [0.25, 0.3) is 0 Å². The Bertz CT molecular complexity index is 955. The van der Waals surface area contributed by atoms with Crippen molar-refractivity contribution in [2.45, 2.75) is 30.4 Å². The Morgan fingerprint density at radius 1 is 1.36 bits per heavy atom. The highest BCUT2D eigenvalue weighted by Crippen LogP contribution is 2.43. The van der Waals surface area contributed by atoms with Crippen molar-refractivity contribution in [3.8, 4) is 11.1 Å². The van der Waals surface area contributed by atoms with Crippen LogP contribution in [0.4, 0.5) is 0 Å². The standard InChI is InChI=1S/C18H18N2O2S3/c1-4-22-17(21)18(2,3)24-13-7-5-12-10-20-25-16(12)15(13)11-6-8-14(23)19-9-11/h5-10H,4H2,1-3H3,(H,19,23). The molecule has 0 fully saturated rings. The topological polar surface area (TPSA) is 55.0 Å². The summed E-state index contributed by atoms with van der Waals surface area (Å²) in [5, 5.41) is 1.08. The smallest absolute Gasteiger partial charge is 0.321 e. The molecule has 0 aliphatic rings. The predicted molar refractivity (Wildman–Crippen MR) is 107 cm³/mol. The summed E-state index contributed by atoms with van der Waals surface area (Å²) in [7, 11) is 0. The number of rotatable bonds is 5. The number of H-pyrrole nitrogens is 1. The second kappa shape index (κ2) is 7.27. The van der Waals surface area contributed by atoms with Gasteiger partial charge in [-0.2, -0.15) is 4.37 Å². The van der Waals surface area contributed by atoms with Gasteiger partial charge in [0.15, 0.2) is 0 Å². The van der Waals surface area contributed by atoms with Gasteiger partial charge in [-0.25, -0.2) is 0 Å². The molecule has 0 saturated carbocycles. The highest BCUT2D eigenvalue weighted by molar-refractivity contribution is 8.01. The van der Waals surface area contributed by atoms with Crippen LogP contribution in [0.2, 0.25) is 0 Å². The van der Waals surface area contributed by atoms with E-state index < -0.39 is 4.75 Å². The van der Waals surface area contributed by atoms with Crippen molar-refractivity contribution in [2.24, 2.45) is 0 Å². The SMILES string of the molecule is CCOC(=O)C(C)(C)Sc1ccc2cnsc2c1-c1ccc(=S)[nH]c1. The third-order valence-corrected chi connectivity index (χ3v) is 6.01. The van der Waals surface area contributed by atoms with Crippen LogP contribution >= 0.6 is 35.5 Å². The van der Waals surface area contributed by atoms with Crippen LogP contribution in [0.15, 0.2) is 41.6 Å². The fourth-order valence-electron chi connectivity index (χ4n) is 2.46. The van der Waals surface area contributed by atoms with E-state index in [0.29, 0.717) is 11.2 Å². The van der Waals surface area contributed by atoms with Gasteiger partial charge in [0.2, 0.25) is 0 Å². The van der Waals surface area contributed by atoms with Crippen molar-refractivity contribution in [3.05, 3.63) is 41.3 Å². The Morgan fingerprint density at radius 3 is 2.84 bits per heavy atom. The Hall–Kier alpha value is -1.70. The van der Waals surface area contributed by atoms with E-state index in [4.69, 9.17) is 17.0 Å². The normalized spacial score (nSPS) is 11.6. The largest absolute Gasteiger partial charge is 0.465 e. The summed E-state index contributed by atoms with van der Waals surface area (Å²) in [4.78, 5) is 16.4. The predicted octanol–water partition coefficient (Wildman–Crippen LogP) is 5.45. The fourth-order valence-corrected chi connectivity index (χ4v) is 4.62. The van der Waals surface area contributed by atoms with Crippen molar-refractivity contribution >= 4 is 51.6 Å². The van der Waals surface area contributed by atoms with Gasteiger partial charge in [-0.05, 0) is 50.5 Å². The highest BCUT2D eigenvalue weighted by Gasteiger charge is 2.32. The minimum Gasteiger partial charge on any atom is -0.465 e. The third kappa shape index (κ3) is 3.78. The molecule has 0 bridgehead atoms. The Kier molecular flexibility index (Phi) is 5.27. The van der Waals surface area contributed by atoms with E-state index in [-0.39, 0.29) is 5.97 Å². The van der Waals surface area contributed by atoms with Gasteiger partial charge in [-0.3, -0.25) is 4.79 Å². The second-order valence-corrected chi connectivity index (χ2v) is 8.86. The zero-order valence-electron chi connectivity index (χ0n) is 14.2. The molecular formula is C18H18N2O2S3. The summed E-state index contributed by atoms with van der Waals surface area (Å²) >= 11 is 8.11. The van der Waals surface area contributed by atoms with E-state index in [9.17, 15) is 4.79 Å². The molecule has 0 atom stereocenters. The van der Waals surface area contributed by atoms with E-state index >= 15 is 0 Å². The molecule has 0 aliphatic carbocycles. The molecule has 0 radical (unpaired) electrons. The van der Waals surface area contributed by atoms with Crippen molar-refractivity contribution in [1.29, 1.82) is 0 Å². The lowest BCUT2D eigenvalue weighted by atomic mass is 10.1. The van der Waals surface area contributed by atoms with Crippen LogP contribution in [0.3, 0.4) is 0 Å². The number of esters is 1. The van der Waals surface area contributed by atoms with Crippen LogP contribution in [0, 0.1) is 4.64 Å². The molecule has 0 amide bonds. The molecule has 3 rings (SSSR count). The van der Waals surface area contributed by atoms with Gasteiger partial charge < -0.3 is 9.72 Å². The first kappa shape index (κ1) is 18.1. The minimum atomic E-state index is -0.690. The van der Waals surface area contributed by atoms with Crippen molar-refractivity contribution < 1.29 is 9.53 Å². The lowest BCUT2D eigenvalue weighted by Gasteiger charge is -2.23. The number of aromatic nitrogens is 2. The van der Waals surface area contributed by atoms with Crippen LogP contribution in [-0.4, -0.2) is 26.7 Å². The molecule has 7 heteroatoms. The van der Waals surface area contributed by atoms with E-state index in [1.54, 1.807) is 0 Å². The summed E-state index contributed by atoms with van der Waals surface area (Å²) < 4.78 is 10.6. The zero-order chi connectivity index (χ0) is 18.0. The van der Waals surface area contributed by atoms with Crippen LogP contribution in [0.5, 0.6) is 0 Å². The molecule has 3 aromatic rings. The van der Waals surface area contributed by atoms with Crippen LogP contribution < -0.4 is 0 Å². The number of aromatic amines is 1. The number of thioether (sulfide) groups is 1.